The van der Waals surface area contributed by atoms with Crippen molar-refractivity contribution in [2.24, 2.45) is 0 Å². The molecule has 0 spiro atoms. The van der Waals surface area contributed by atoms with Crippen molar-refractivity contribution in [1.82, 2.24) is 0 Å². The summed E-state index contributed by atoms with van der Waals surface area (Å²) in [5.74, 6) is 0.697. The Morgan fingerprint density at radius 1 is 1.61 bits per heavy atom. The summed E-state index contributed by atoms with van der Waals surface area (Å²) in [5.41, 5.74) is 0.706. The molecule has 6 heteroatoms. The molecule has 18 heavy (non-hydrogen) atoms. The van der Waals surface area contributed by atoms with Crippen LogP contribution in [0.2, 0.25) is 5.02 Å². The van der Waals surface area contributed by atoms with Gasteiger partial charge in [-0.2, -0.15) is 12.6 Å². The molecule has 1 atom stereocenters. The Morgan fingerprint density at radius 3 is 2.89 bits per heavy atom. The van der Waals surface area contributed by atoms with Gasteiger partial charge in [0.05, 0.1) is 16.8 Å². The first kappa shape index (κ1) is 14.0. The zero-order chi connectivity index (χ0) is 13.3. The van der Waals surface area contributed by atoms with Crippen LogP contribution in [0, 0.1) is 0 Å². The van der Waals surface area contributed by atoms with E-state index in [0.29, 0.717) is 36.0 Å². The maximum atomic E-state index is 11.9. The molecular formula is C12H13BrClNO2S. The Bertz CT molecular complexity index is 483. The standard InChI is InChI=1S/C12H13BrClNO2S/c1-2-17-12-9(13)3-7(14)4-10(12)15-6-8(18)5-11(15)16/h3-4,8,18H,2,5-6H2,1H3. The van der Waals surface area contributed by atoms with Crippen LogP contribution < -0.4 is 9.64 Å². The minimum absolute atomic E-state index is 0.0464. The summed E-state index contributed by atoms with van der Waals surface area (Å²) in [4.78, 5) is 13.6. The smallest absolute Gasteiger partial charge is 0.228 e. The molecule has 0 aromatic heterocycles. The average Bonchev–Trinajstić information content (AvgIpc) is 2.61. The Morgan fingerprint density at radius 2 is 2.33 bits per heavy atom. The van der Waals surface area contributed by atoms with Crippen LogP contribution >= 0.6 is 40.2 Å². The van der Waals surface area contributed by atoms with Crippen molar-refractivity contribution >= 4 is 51.8 Å². The predicted molar refractivity (Wildman–Crippen MR) is 80.1 cm³/mol. The van der Waals surface area contributed by atoms with Gasteiger partial charge in [0.1, 0.15) is 0 Å². The van der Waals surface area contributed by atoms with Crippen molar-refractivity contribution in [1.29, 1.82) is 0 Å². The molecule has 3 nitrogen and oxygen atoms in total. The van der Waals surface area contributed by atoms with E-state index in [9.17, 15) is 4.79 Å². The van der Waals surface area contributed by atoms with Gasteiger partial charge < -0.3 is 9.64 Å². The van der Waals surface area contributed by atoms with E-state index in [2.05, 4.69) is 28.6 Å². The van der Waals surface area contributed by atoms with Crippen LogP contribution in [0.1, 0.15) is 13.3 Å². The van der Waals surface area contributed by atoms with E-state index in [1.165, 1.54) is 0 Å². The summed E-state index contributed by atoms with van der Waals surface area (Å²) in [6, 6.07) is 3.51. The minimum atomic E-state index is 0.0464. The van der Waals surface area contributed by atoms with E-state index < -0.39 is 0 Å². The van der Waals surface area contributed by atoms with Gasteiger partial charge in [-0.05, 0) is 35.0 Å². The molecule has 0 saturated carbocycles. The van der Waals surface area contributed by atoms with E-state index in [0.717, 1.165) is 4.47 Å². The first-order valence-electron chi connectivity index (χ1n) is 5.63. The summed E-state index contributed by atoms with van der Waals surface area (Å²) in [5, 5.41) is 0.625. The van der Waals surface area contributed by atoms with Gasteiger partial charge in [0.25, 0.3) is 0 Å². The van der Waals surface area contributed by atoms with Gasteiger partial charge in [-0.15, -0.1) is 0 Å². The van der Waals surface area contributed by atoms with Gasteiger partial charge in [-0.3, -0.25) is 4.79 Å². The molecule has 0 aliphatic carbocycles. The number of benzene rings is 1. The van der Waals surface area contributed by atoms with Crippen molar-refractivity contribution in [2.45, 2.75) is 18.6 Å². The van der Waals surface area contributed by atoms with Crippen molar-refractivity contribution in [3.05, 3.63) is 21.6 Å². The Hall–Kier alpha value is -0.390. The van der Waals surface area contributed by atoms with Crippen LogP contribution in [0.4, 0.5) is 5.69 Å². The van der Waals surface area contributed by atoms with Crippen LogP contribution in [0.15, 0.2) is 16.6 Å². The maximum absolute atomic E-state index is 11.9. The number of rotatable bonds is 3. The fraction of sp³-hybridized carbons (Fsp3) is 0.417. The lowest BCUT2D eigenvalue weighted by atomic mass is 10.2. The number of nitrogens with zero attached hydrogens (tertiary/aromatic N) is 1. The number of carbonyl (C=O) groups excluding carboxylic acids is 1. The molecule has 1 fully saturated rings. The minimum Gasteiger partial charge on any atom is -0.490 e. The average molecular weight is 351 g/mol. The molecule has 1 aromatic carbocycles. The van der Waals surface area contributed by atoms with Crippen molar-refractivity contribution in [2.75, 3.05) is 18.1 Å². The van der Waals surface area contributed by atoms with Crippen LogP contribution in [-0.2, 0) is 4.79 Å². The van der Waals surface area contributed by atoms with Crippen LogP contribution in [0.3, 0.4) is 0 Å². The monoisotopic (exact) mass is 349 g/mol. The fourth-order valence-corrected chi connectivity index (χ4v) is 3.18. The van der Waals surface area contributed by atoms with Crippen LogP contribution in [0.5, 0.6) is 5.75 Å². The largest absolute Gasteiger partial charge is 0.490 e. The van der Waals surface area contributed by atoms with E-state index in [1.807, 2.05) is 6.92 Å². The number of hydrogen-bond acceptors (Lipinski definition) is 3. The molecule has 1 aliphatic heterocycles. The fourth-order valence-electron chi connectivity index (χ4n) is 1.96. The molecule has 1 heterocycles. The second-order valence-electron chi connectivity index (χ2n) is 4.03. The number of carbonyl (C=O) groups is 1. The Kier molecular flexibility index (Phi) is 4.45. The number of ether oxygens (including phenoxy) is 1. The maximum Gasteiger partial charge on any atom is 0.228 e. The summed E-state index contributed by atoms with van der Waals surface area (Å²) in [6.45, 7) is 3.01. The highest BCUT2D eigenvalue weighted by atomic mass is 79.9. The summed E-state index contributed by atoms with van der Waals surface area (Å²) >= 11 is 13.8. The molecule has 1 saturated heterocycles. The van der Waals surface area contributed by atoms with Gasteiger partial charge in [0.15, 0.2) is 5.75 Å². The first-order valence-corrected chi connectivity index (χ1v) is 7.32. The normalized spacial score (nSPS) is 19.4. The summed E-state index contributed by atoms with van der Waals surface area (Å²) in [7, 11) is 0. The first-order chi connectivity index (χ1) is 8.52. The molecular weight excluding hydrogens is 338 g/mol. The van der Waals surface area contributed by atoms with Gasteiger partial charge in [0.2, 0.25) is 5.91 Å². The zero-order valence-electron chi connectivity index (χ0n) is 9.82. The van der Waals surface area contributed by atoms with Crippen molar-refractivity contribution in [3.63, 3.8) is 0 Å². The van der Waals surface area contributed by atoms with Crippen LogP contribution in [0.25, 0.3) is 0 Å². The lowest BCUT2D eigenvalue weighted by molar-refractivity contribution is -0.117. The molecule has 2 rings (SSSR count). The lowest BCUT2D eigenvalue weighted by Crippen LogP contribution is -2.25. The second-order valence-corrected chi connectivity index (χ2v) is 6.05. The molecule has 1 amide bonds. The number of anilines is 1. The van der Waals surface area contributed by atoms with E-state index in [4.69, 9.17) is 16.3 Å². The zero-order valence-corrected chi connectivity index (χ0v) is 13.1. The molecule has 0 N–H and O–H groups in total. The Balaban J connectivity index is 2.45. The quantitative estimate of drug-likeness (QED) is 0.845. The predicted octanol–water partition coefficient (Wildman–Crippen LogP) is 3.54. The van der Waals surface area contributed by atoms with E-state index >= 15 is 0 Å². The third-order valence-corrected chi connectivity index (χ3v) is 3.83. The molecule has 1 aromatic rings. The summed E-state index contributed by atoms with van der Waals surface area (Å²) in [6.07, 6.45) is 0.443. The highest BCUT2D eigenvalue weighted by Gasteiger charge is 2.31. The third-order valence-electron chi connectivity index (χ3n) is 2.67. The summed E-state index contributed by atoms with van der Waals surface area (Å²) < 4.78 is 6.35. The molecule has 98 valence electrons. The topological polar surface area (TPSA) is 29.5 Å². The molecule has 1 unspecified atom stereocenters. The molecule has 1 aliphatic rings. The second kappa shape index (κ2) is 5.72. The molecule has 0 bridgehead atoms. The highest BCUT2D eigenvalue weighted by Crippen LogP contribution is 2.40. The third kappa shape index (κ3) is 2.78. The number of halogens is 2. The molecule has 0 radical (unpaired) electrons. The lowest BCUT2D eigenvalue weighted by Gasteiger charge is -2.21. The van der Waals surface area contributed by atoms with Crippen LogP contribution in [-0.4, -0.2) is 24.3 Å². The van der Waals surface area contributed by atoms with Crippen molar-refractivity contribution < 1.29 is 9.53 Å². The Labute approximate surface area is 125 Å². The SMILES string of the molecule is CCOc1c(Br)cc(Cl)cc1N1CC(S)CC1=O. The van der Waals surface area contributed by atoms with Gasteiger partial charge in [-0.25, -0.2) is 0 Å². The van der Waals surface area contributed by atoms with Gasteiger partial charge >= 0.3 is 0 Å². The number of thiol groups is 1. The van der Waals surface area contributed by atoms with Gasteiger partial charge in [-0.1, -0.05) is 11.6 Å². The number of hydrogen-bond donors (Lipinski definition) is 1. The number of amides is 1. The van der Waals surface area contributed by atoms with Gasteiger partial charge in [0, 0.05) is 23.2 Å². The van der Waals surface area contributed by atoms with E-state index in [-0.39, 0.29) is 11.2 Å². The highest BCUT2D eigenvalue weighted by molar-refractivity contribution is 9.10. The van der Waals surface area contributed by atoms with E-state index in [1.54, 1.807) is 17.0 Å². The van der Waals surface area contributed by atoms with Crippen molar-refractivity contribution in [3.8, 4) is 5.75 Å².